The highest BCUT2D eigenvalue weighted by Crippen LogP contribution is 2.27. The van der Waals surface area contributed by atoms with Gasteiger partial charge < -0.3 is 5.32 Å². The fourth-order valence-corrected chi connectivity index (χ4v) is 3.33. The molecule has 0 spiro atoms. The molecule has 8 heteroatoms. The van der Waals surface area contributed by atoms with Gasteiger partial charge in [0.2, 0.25) is 0 Å². The average molecular weight is 341 g/mol. The van der Waals surface area contributed by atoms with Gasteiger partial charge in [-0.1, -0.05) is 17.4 Å². The van der Waals surface area contributed by atoms with Gasteiger partial charge in [-0.2, -0.15) is 0 Å². The Morgan fingerprint density at radius 3 is 3.09 bits per heavy atom. The zero-order chi connectivity index (χ0) is 14.7. The molecule has 2 aromatic heterocycles. The molecule has 1 fully saturated rings. The van der Waals surface area contributed by atoms with Gasteiger partial charge in [-0.25, -0.2) is 0 Å². The highest BCUT2D eigenvalue weighted by atomic mass is 35.5. The van der Waals surface area contributed by atoms with Crippen molar-refractivity contribution in [3.05, 3.63) is 57.2 Å². The summed E-state index contributed by atoms with van der Waals surface area (Å²) in [7, 11) is 0. The van der Waals surface area contributed by atoms with Gasteiger partial charge in [0.1, 0.15) is 0 Å². The number of thiophene rings is 1. The lowest BCUT2D eigenvalue weighted by Gasteiger charge is -2.36. The third-order valence-corrected chi connectivity index (χ3v) is 4.56. The lowest BCUT2D eigenvalue weighted by atomic mass is 10.0. The molecule has 3 heterocycles. The molecule has 0 aromatic carbocycles. The van der Waals surface area contributed by atoms with Crippen LogP contribution in [0.5, 0.6) is 0 Å². The van der Waals surface area contributed by atoms with E-state index < -0.39 is 0 Å². The van der Waals surface area contributed by atoms with Gasteiger partial charge >= 0.3 is 5.00 Å². The van der Waals surface area contributed by atoms with E-state index in [-0.39, 0.29) is 28.4 Å². The number of nitro groups is 1. The van der Waals surface area contributed by atoms with Crippen LogP contribution in [0.3, 0.4) is 0 Å². The summed E-state index contributed by atoms with van der Waals surface area (Å²) in [6.45, 7) is 3.45. The molecule has 6 nitrogen and oxygen atoms in total. The molecule has 2 aromatic rings. The topological polar surface area (TPSA) is 71.3 Å². The largest absolute Gasteiger partial charge is 0.324 e. The summed E-state index contributed by atoms with van der Waals surface area (Å²) >= 11 is 1.19. The first-order valence-electron chi connectivity index (χ1n) is 6.80. The maximum atomic E-state index is 10.8. The van der Waals surface area contributed by atoms with Gasteiger partial charge in [0, 0.05) is 56.1 Å². The molecule has 22 heavy (non-hydrogen) atoms. The molecular weight excluding hydrogens is 324 g/mol. The number of halogens is 1. The van der Waals surface area contributed by atoms with Crippen molar-refractivity contribution in [2.24, 2.45) is 0 Å². The summed E-state index contributed by atoms with van der Waals surface area (Å²) in [6.07, 6.45) is 3.66. The van der Waals surface area contributed by atoms with E-state index in [1.807, 2.05) is 17.6 Å². The van der Waals surface area contributed by atoms with Gasteiger partial charge in [-0.05, 0) is 17.2 Å². The van der Waals surface area contributed by atoms with Crippen molar-refractivity contribution in [3.63, 3.8) is 0 Å². The van der Waals surface area contributed by atoms with E-state index in [1.165, 1.54) is 16.9 Å². The van der Waals surface area contributed by atoms with Crippen LogP contribution in [-0.4, -0.2) is 34.4 Å². The molecule has 0 bridgehead atoms. The minimum atomic E-state index is -0.329. The van der Waals surface area contributed by atoms with Crippen LogP contribution in [0.4, 0.5) is 5.00 Å². The van der Waals surface area contributed by atoms with Crippen molar-refractivity contribution >= 4 is 28.7 Å². The van der Waals surface area contributed by atoms with Crippen LogP contribution in [0.2, 0.25) is 0 Å². The number of pyridine rings is 1. The third-order valence-electron chi connectivity index (χ3n) is 3.63. The standard InChI is InChI=1S/C14H16N4O2S.ClH/c19-18(20)14-6-11(10-21-14)9-17-5-4-16-8-13(17)12-2-1-3-15-7-12;/h1-3,6-7,10,13,16H,4-5,8-9H2;1H. The number of hydrogen-bond acceptors (Lipinski definition) is 6. The van der Waals surface area contributed by atoms with Gasteiger partial charge in [0.25, 0.3) is 0 Å². The van der Waals surface area contributed by atoms with Crippen LogP contribution in [0.25, 0.3) is 0 Å². The first-order chi connectivity index (χ1) is 10.2. The van der Waals surface area contributed by atoms with Crippen LogP contribution in [0.15, 0.2) is 36.0 Å². The molecule has 0 aliphatic carbocycles. The molecule has 1 N–H and O–H groups in total. The minimum Gasteiger partial charge on any atom is -0.314 e. The smallest absolute Gasteiger partial charge is 0.314 e. The minimum absolute atomic E-state index is 0. The first kappa shape index (κ1) is 16.8. The second-order valence-electron chi connectivity index (χ2n) is 5.03. The van der Waals surface area contributed by atoms with Crippen molar-refractivity contribution in [1.29, 1.82) is 0 Å². The predicted octanol–water partition coefficient (Wildman–Crippen LogP) is 2.62. The monoisotopic (exact) mass is 340 g/mol. The quantitative estimate of drug-likeness (QED) is 0.684. The van der Waals surface area contributed by atoms with Crippen LogP contribution < -0.4 is 5.32 Å². The molecule has 1 unspecified atom stereocenters. The zero-order valence-electron chi connectivity index (χ0n) is 11.8. The lowest BCUT2D eigenvalue weighted by Crippen LogP contribution is -2.45. The summed E-state index contributed by atoms with van der Waals surface area (Å²) in [6, 6.07) is 5.95. The lowest BCUT2D eigenvalue weighted by molar-refractivity contribution is -0.380. The van der Waals surface area contributed by atoms with Crippen molar-refractivity contribution in [2.45, 2.75) is 12.6 Å². The van der Waals surface area contributed by atoms with Gasteiger partial charge in [0.15, 0.2) is 0 Å². The average Bonchev–Trinajstić information content (AvgIpc) is 2.98. The first-order valence-corrected chi connectivity index (χ1v) is 7.68. The molecule has 3 rings (SSSR count). The van der Waals surface area contributed by atoms with E-state index in [2.05, 4.69) is 21.3 Å². The van der Waals surface area contributed by atoms with Crippen molar-refractivity contribution in [2.75, 3.05) is 19.6 Å². The number of nitrogens with one attached hydrogen (secondary N) is 1. The maximum absolute atomic E-state index is 10.8. The van der Waals surface area contributed by atoms with E-state index in [9.17, 15) is 10.1 Å². The summed E-state index contributed by atoms with van der Waals surface area (Å²) in [5.74, 6) is 0. The fourth-order valence-electron chi connectivity index (χ4n) is 2.61. The number of nitrogens with zero attached hydrogens (tertiary/aromatic N) is 3. The molecule has 0 amide bonds. The van der Waals surface area contributed by atoms with E-state index >= 15 is 0 Å². The van der Waals surface area contributed by atoms with Crippen LogP contribution in [-0.2, 0) is 6.54 Å². The number of piperazine rings is 1. The van der Waals surface area contributed by atoms with Crippen molar-refractivity contribution in [3.8, 4) is 0 Å². The Morgan fingerprint density at radius 1 is 1.55 bits per heavy atom. The number of aromatic nitrogens is 1. The molecule has 1 saturated heterocycles. The van der Waals surface area contributed by atoms with E-state index in [4.69, 9.17) is 0 Å². The SMILES string of the molecule is Cl.O=[N+]([O-])c1cc(CN2CCNCC2c2cccnc2)cs1. The van der Waals surface area contributed by atoms with E-state index in [1.54, 1.807) is 12.3 Å². The normalized spacial score (nSPS) is 18.6. The van der Waals surface area contributed by atoms with Gasteiger partial charge in [0.05, 0.1) is 4.92 Å². The molecule has 118 valence electrons. The molecule has 1 atom stereocenters. The summed E-state index contributed by atoms with van der Waals surface area (Å²) in [4.78, 5) is 17.0. The van der Waals surface area contributed by atoms with Gasteiger partial charge in [-0.15, -0.1) is 12.4 Å². The van der Waals surface area contributed by atoms with Crippen LogP contribution in [0.1, 0.15) is 17.2 Å². The Morgan fingerprint density at radius 2 is 2.41 bits per heavy atom. The van der Waals surface area contributed by atoms with Crippen LogP contribution in [0, 0.1) is 10.1 Å². The van der Waals surface area contributed by atoms with Crippen molar-refractivity contribution < 1.29 is 4.92 Å². The Bertz CT molecular complexity index is 622. The Hall–Kier alpha value is -1.54. The van der Waals surface area contributed by atoms with Crippen LogP contribution >= 0.6 is 23.7 Å². The number of rotatable bonds is 4. The maximum Gasteiger partial charge on any atom is 0.324 e. The van der Waals surface area contributed by atoms with E-state index in [0.29, 0.717) is 0 Å². The summed E-state index contributed by atoms with van der Waals surface area (Å²) < 4.78 is 0. The molecule has 1 aliphatic rings. The predicted molar refractivity (Wildman–Crippen MR) is 88.5 cm³/mol. The van der Waals surface area contributed by atoms with Crippen molar-refractivity contribution in [1.82, 2.24) is 15.2 Å². The highest BCUT2D eigenvalue weighted by molar-refractivity contribution is 7.13. The Labute approximate surface area is 138 Å². The second-order valence-corrected chi connectivity index (χ2v) is 5.92. The summed E-state index contributed by atoms with van der Waals surface area (Å²) in [5.41, 5.74) is 2.18. The fraction of sp³-hybridized carbons (Fsp3) is 0.357. The molecule has 1 aliphatic heterocycles. The van der Waals surface area contributed by atoms with Gasteiger partial charge in [-0.3, -0.25) is 20.0 Å². The molecule has 0 saturated carbocycles. The zero-order valence-corrected chi connectivity index (χ0v) is 13.5. The summed E-state index contributed by atoms with van der Waals surface area (Å²) in [5, 5.41) is 16.3. The molecular formula is C14H17ClN4O2S. The Balaban J connectivity index is 0.00000176. The highest BCUT2D eigenvalue weighted by Gasteiger charge is 2.24. The molecule has 0 radical (unpaired) electrons. The number of hydrogen-bond donors (Lipinski definition) is 1. The third kappa shape index (κ3) is 3.80. The second kappa shape index (κ2) is 7.64. The Kier molecular flexibility index (Phi) is 5.84. The van der Waals surface area contributed by atoms with E-state index in [0.717, 1.165) is 31.7 Å².